The van der Waals surface area contributed by atoms with Crippen LogP contribution in [0.25, 0.3) is 241 Å². The van der Waals surface area contributed by atoms with E-state index in [1.165, 1.54) is 185 Å². The van der Waals surface area contributed by atoms with Gasteiger partial charge in [-0.05, 0) is 282 Å². The van der Waals surface area contributed by atoms with Gasteiger partial charge in [0.15, 0.2) is 0 Å². The maximum absolute atomic E-state index is 5.15. The highest BCUT2D eigenvalue weighted by Gasteiger charge is 2.22. The molecule has 0 bridgehead atoms. The molecular formula is C110H66N4. The van der Waals surface area contributed by atoms with Gasteiger partial charge in [-0.25, -0.2) is 9.97 Å². The Kier molecular flexibility index (Phi) is 14.1. The van der Waals surface area contributed by atoms with Crippen molar-refractivity contribution < 1.29 is 0 Å². The maximum Gasteiger partial charge on any atom is 0.145 e. The maximum atomic E-state index is 5.15. The van der Waals surface area contributed by atoms with Crippen LogP contribution in [0.5, 0.6) is 0 Å². The third-order valence-electron chi connectivity index (χ3n) is 24.4. The summed E-state index contributed by atoms with van der Waals surface area (Å²) in [7, 11) is 0. The van der Waals surface area contributed by atoms with Crippen LogP contribution in [0, 0.1) is 0 Å². The molecule has 0 saturated carbocycles. The molecule has 0 fully saturated rings. The summed E-state index contributed by atoms with van der Waals surface area (Å²) < 4.78 is 4.53. The average molecular weight is 1440 g/mol. The van der Waals surface area contributed by atoms with Gasteiger partial charge in [-0.15, -0.1) is 0 Å². The van der Waals surface area contributed by atoms with Crippen LogP contribution in [-0.2, 0) is 0 Å². The molecule has 0 aliphatic carbocycles. The fraction of sp³-hybridized carbons (Fsp3) is 0. The molecule has 0 N–H and O–H groups in total. The van der Waals surface area contributed by atoms with E-state index >= 15 is 0 Å². The van der Waals surface area contributed by atoms with E-state index in [1.807, 2.05) is 0 Å². The van der Waals surface area contributed by atoms with Gasteiger partial charge < -0.3 is 0 Å². The third kappa shape index (κ3) is 9.97. The molecule has 24 aromatic rings. The van der Waals surface area contributed by atoms with E-state index in [0.29, 0.717) is 0 Å². The number of hydrogen-bond acceptors (Lipinski definition) is 2. The summed E-state index contributed by atoms with van der Waals surface area (Å²) in [4.78, 5) is 10.3. The molecule has 526 valence electrons. The molecule has 2 aromatic heterocycles. The molecule has 0 saturated heterocycles. The van der Waals surface area contributed by atoms with Crippen molar-refractivity contribution in [2.45, 2.75) is 0 Å². The minimum atomic E-state index is 0.929. The van der Waals surface area contributed by atoms with Crippen molar-refractivity contribution >= 4 is 151 Å². The number of para-hydroxylation sites is 6. The molecule has 0 unspecified atom stereocenters. The number of aromatic nitrogens is 4. The van der Waals surface area contributed by atoms with Gasteiger partial charge in [0.1, 0.15) is 11.6 Å². The molecule has 0 aliphatic heterocycles. The number of nitrogens with zero attached hydrogens (tertiary/aromatic N) is 4. The molecule has 0 atom stereocenters. The van der Waals surface area contributed by atoms with Crippen molar-refractivity contribution in [1.29, 1.82) is 0 Å². The van der Waals surface area contributed by atoms with Crippen molar-refractivity contribution in [2.75, 3.05) is 0 Å². The van der Waals surface area contributed by atoms with E-state index in [1.54, 1.807) is 0 Å². The lowest BCUT2D eigenvalue weighted by Crippen LogP contribution is -1.97. The average Bonchev–Trinajstić information content (AvgIpc) is 0.976. The van der Waals surface area contributed by atoms with Gasteiger partial charge in [0.05, 0.1) is 22.1 Å². The third-order valence-corrected chi connectivity index (χ3v) is 24.4. The largest absolute Gasteiger partial charge is 0.292 e. The Bertz CT molecular complexity index is 7710. The highest BCUT2D eigenvalue weighted by Crippen LogP contribution is 2.47. The quantitative estimate of drug-likeness (QED) is 0.107. The Morgan fingerprint density at radius 2 is 0.395 bits per heavy atom. The summed E-state index contributed by atoms with van der Waals surface area (Å²) in [6, 6.07) is 148. The molecule has 24 rings (SSSR count). The fourth-order valence-electron chi connectivity index (χ4n) is 19.1. The zero-order valence-corrected chi connectivity index (χ0v) is 61.9. The van der Waals surface area contributed by atoms with E-state index < -0.39 is 0 Å². The number of benzene rings is 22. The number of hydrogen-bond donors (Lipinski definition) is 0. The summed E-state index contributed by atoms with van der Waals surface area (Å²) in [5.41, 5.74) is 20.6. The summed E-state index contributed by atoms with van der Waals surface area (Å²) >= 11 is 0. The number of imidazole rings is 2. The summed E-state index contributed by atoms with van der Waals surface area (Å²) in [6.07, 6.45) is 0. The summed E-state index contributed by atoms with van der Waals surface area (Å²) in [5.74, 6) is 1.86. The van der Waals surface area contributed by atoms with Gasteiger partial charge in [-0.3, -0.25) is 9.13 Å². The van der Waals surface area contributed by atoms with Crippen molar-refractivity contribution in [3.05, 3.63) is 400 Å². The van der Waals surface area contributed by atoms with Crippen LogP contribution >= 0.6 is 0 Å². The molecule has 4 nitrogen and oxygen atoms in total. The van der Waals surface area contributed by atoms with Crippen LogP contribution in [0.15, 0.2) is 400 Å². The topological polar surface area (TPSA) is 35.6 Å². The molecular weight excluding hydrogens is 1380 g/mol. The van der Waals surface area contributed by atoms with Gasteiger partial charge in [0.25, 0.3) is 0 Å². The van der Waals surface area contributed by atoms with Crippen LogP contribution in [0.3, 0.4) is 0 Å². The Morgan fingerprint density at radius 1 is 0.149 bits per heavy atom. The Morgan fingerprint density at radius 3 is 0.719 bits per heavy atom. The lowest BCUT2D eigenvalue weighted by molar-refractivity contribution is 1.10. The first-order chi connectivity index (χ1) is 56.5. The summed E-state index contributed by atoms with van der Waals surface area (Å²) in [6.45, 7) is 0. The van der Waals surface area contributed by atoms with Crippen molar-refractivity contribution in [2.24, 2.45) is 0 Å². The first kappa shape index (κ1) is 63.8. The smallest absolute Gasteiger partial charge is 0.145 e. The number of rotatable bonds is 9. The van der Waals surface area contributed by atoms with Gasteiger partial charge in [0.2, 0.25) is 0 Å². The van der Waals surface area contributed by atoms with Gasteiger partial charge in [-0.1, -0.05) is 303 Å². The molecule has 0 spiro atoms. The normalized spacial score (nSPS) is 12.0. The number of fused-ring (bicyclic) bond motifs is 18. The molecule has 0 aliphatic rings. The highest BCUT2D eigenvalue weighted by atomic mass is 15.1. The van der Waals surface area contributed by atoms with E-state index in [0.717, 1.165) is 56.2 Å². The highest BCUT2D eigenvalue weighted by molar-refractivity contribution is 6.24. The van der Waals surface area contributed by atoms with Crippen LogP contribution in [0.2, 0.25) is 0 Å². The van der Waals surface area contributed by atoms with Crippen LogP contribution in [-0.4, -0.2) is 19.1 Å². The Labute approximate surface area is 656 Å². The first-order valence-corrected chi connectivity index (χ1v) is 39.3. The van der Waals surface area contributed by atoms with Gasteiger partial charge >= 0.3 is 0 Å². The van der Waals surface area contributed by atoms with E-state index in [9.17, 15) is 0 Å². The van der Waals surface area contributed by atoms with Crippen molar-refractivity contribution in [1.82, 2.24) is 19.1 Å². The van der Waals surface area contributed by atoms with Crippen LogP contribution in [0.4, 0.5) is 0 Å². The predicted octanol–water partition coefficient (Wildman–Crippen LogP) is 29.9. The minimum Gasteiger partial charge on any atom is -0.292 e. The van der Waals surface area contributed by atoms with Crippen molar-refractivity contribution in [3.63, 3.8) is 0 Å². The fourth-order valence-corrected chi connectivity index (χ4v) is 19.1. The monoisotopic (exact) mass is 1440 g/mol. The van der Waals surface area contributed by atoms with E-state index in [-0.39, 0.29) is 0 Å². The lowest BCUT2D eigenvalue weighted by atomic mass is 9.87. The van der Waals surface area contributed by atoms with E-state index in [2.05, 4.69) is 410 Å². The Balaban J connectivity index is 0.540. The molecule has 114 heavy (non-hydrogen) atoms. The second kappa shape index (κ2) is 25.2. The van der Waals surface area contributed by atoms with Crippen LogP contribution in [0.1, 0.15) is 0 Å². The zero-order valence-electron chi connectivity index (χ0n) is 61.9. The molecule has 0 radical (unpaired) electrons. The first-order valence-electron chi connectivity index (χ1n) is 39.3. The SMILES string of the molecule is c1ccc(-n2c(-c3ccc(-c4cccc5cc6c(ccc7c(-c8cccc9cc%10c(ccc%11c(-c%12cccc%13c%12ccc%12cc%14c(-c%15cccc%16c%15ccc%15cc%17c(-c%18ccc(-c%19nc%20ccccc%20n%19-c%19ccccc%19)cc%18)cccc%17cc%15%16)cccc%14cc%12%13)cccc%11%10)cc89)cccc76)cc45)cc3)nc3ccccc32)cc1. The summed E-state index contributed by atoms with van der Waals surface area (Å²) in [5, 5.41) is 29.7. The Hall–Kier alpha value is -15.1. The zero-order chi connectivity index (χ0) is 74.6. The van der Waals surface area contributed by atoms with Crippen molar-refractivity contribution in [3.8, 4) is 89.8 Å². The second-order valence-corrected chi connectivity index (χ2v) is 30.6. The second-order valence-electron chi connectivity index (χ2n) is 30.6. The molecule has 2 heterocycles. The molecule has 4 heteroatoms. The lowest BCUT2D eigenvalue weighted by Gasteiger charge is -2.16. The standard InChI is InChI=1S/C110H66N4/c1-3-23-79(24-4-1)113-107-41-9-7-39-105(107)111-109(113)69-47-43-67(44-48-69)81-27-11-19-71-59-101-75(63-97(71)81)51-57-95-85(33-17-37-91(95)101)87-29-13-21-73-61-103-77(65-99(73)87)53-55-93-83(31-15-35-89(93)103)84-32-16-36-90-94(84)56-54-78-66-100-74(62-104(78)90)22-14-30-88(100)86-34-18-38-92-96(86)58-52-76-64-98-72(60-102(76)92)20-12-28-82(98)68-45-49-70(50-46-68)110-112-106-40-8-10-42-108(106)114(110)80-25-5-2-6-26-80/h1-66H. The van der Waals surface area contributed by atoms with Gasteiger partial charge in [0, 0.05) is 22.5 Å². The minimum absolute atomic E-state index is 0.929. The van der Waals surface area contributed by atoms with E-state index in [4.69, 9.17) is 9.97 Å². The predicted molar refractivity (Wildman–Crippen MR) is 484 cm³/mol. The molecule has 22 aromatic carbocycles. The van der Waals surface area contributed by atoms with Gasteiger partial charge in [-0.2, -0.15) is 0 Å². The van der Waals surface area contributed by atoms with Crippen LogP contribution < -0.4 is 0 Å². The molecule has 0 amide bonds.